The first kappa shape index (κ1) is 18.1. The van der Waals surface area contributed by atoms with Crippen molar-refractivity contribution in [2.45, 2.75) is 65.0 Å². The molecule has 0 radical (unpaired) electrons. The molecule has 0 fully saturated rings. The Morgan fingerprint density at radius 3 is 2.71 bits per heavy atom. The molecule has 0 saturated carbocycles. The lowest BCUT2D eigenvalue weighted by atomic mass is 10.1. The zero-order valence-electron chi connectivity index (χ0n) is 13.3. The van der Waals surface area contributed by atoms with Gasteiger partial charge < -0.3 is 19.7 Å². The van der Waals surface area contributed by atoms with Gasteiger partial charge in [0.25, 0.3) is 0 Å². The number of rotatable bonds is 13. The topological polar surface area (TPSA) is 80.4 Å². The van der Waals surface area contributed by atoms with Gasteiger partial charge in [0.05, 0.1) is 19.3 Å². The number of hydrogen-bond donors (Lipinski definition) is 2. The monoisotopic (exact) mass is 299 g/mol. The molecule has 0 spiro atoms. The van der Waals surface area contributed by atoms with E-state index in [2.05, 4.69) is 22.4 Å². The van der Waals surface area contributed by atoms with Crippen LogP contribution in [0.3, 0.4) is 0 Å². The first-order valence-electron chi connectivity index (χ1n) is 7.98. The lowest BCUT2D eigenvalue weighted by molar-refractivity contribution is 0.0350. The molecule has 0 aliphatic rings. The molecule has 6 heteroatoms. The number of nitrogens with zero attached hydrogens (tertiary/aromatic N) is 2. The fraction of sp³-hybridized carbons (Fsp3) is 0.867. The van der Waals surface area contributed by atoms with Crippen molar-refractivity contribution in [3.05, 3.63) is 11.7 Å². The van der Waals surface area contributed by atoms with Crippen LogP contribution in [-0.4, -0.2) is 41.1 Å². The van der Waals surface area contributed by atoms with E-state index in [-0.39, 0.29) is 0 Å². The highest BCUT2D eigenvalue weighted by atomic mass is 16.5. The Morgan fingerprint density at radius 1 is 1.24 bits per heavy atom. The van der Waals surface area contributed by atoms with Crippen LogP contribution in [0.25, 0.3) is 0 Å². The van der Waals surface area contributed by atoms with Crippen LogP contribution in [0.2, 0.25) is 0 Å². The third-order valence-corrected chi connectivity index (χ3v) is 3.18. The second-order valence-electron chi connectivity index (χ2n) is 5.36. The number of aromatic nitrogens is 2. The molecule has 1 unspecified atom stereocenters. The predicted molar refractivity (Wildman–Crippen MR) is 80.9 cm³/mol. The number of aryl methyl sites for hydroxylation is 1. The summed E-state index contributed by atoms with van der Waals surface area (Å²) in [5, 5.41) is 16.5. The molecule has 1 aromatic heterocycles. The first-order valence-corrected chi connectivity index (χ1v) is 7.98. The van der Waals surface area contributed by atoms with Crippen LogP contribution >= 0.6 is 0 Å². The molecule has 0 saturated heterocycles. The van der Waals surface area contributed by atoms with Crippen LogP contribution in [0, 0.1) is 6.92 Å². The molecule has 0 aromatic carbocycles. The molecular weight excluding hydrogens is 270 g/mol. The predicted octanol–water partition coefficient (Wildman–Crippen LogP) is 2.21. The molecule has 122 valence electrons. The molecule has 1 aromatic rings. The van der Waals surface area contributed by atoms with Gasteiger partial charge in [0.2, 0.25) is 5.89 Å². The molecule has 1 atom stereocenters. The van der Waals surface area contributed by atoms with E-state index in [1.165, 1.54) is 32.1 Å². The average Bonchev–Trinajstić information content (AvgIpc) is 2.87. The SMILES string of the molecule is CCCCCCCCOCC(O)CNCc1nc(C)no1. The number of unbranched alkanes of at least 4 members (excludes halogenated alkanes) is 5. The Kier molecular flexibility index (Phi) is 10.0. The van der Waals surface area contributed by atoms with Crippen LogP contribution in [0.1, 0.15) is 57.2 Å². The maximum Gasteiger partial charge on any atom is 0.240 e. The summed E-state index contributed by atoms with van der Waals surface area (Å²) >= 11 is 0. The van der Waals surface area contributed by atoms with E-state index in [0.29, 0.717) is 31.4 Å². The molecule has 0 aliphatic heterocycles. The highest BCUT2D eigenvalue weighted by Crippen LogP contribution is 2.05. The van der Waals surface area contributed by atoms with E-state index in [1.807, 2.05) is 0 Å². The average molecular weight is 299 g/mol. The van der Waals surface area contributed by atoms with Gasteiger partial charge in [-0.25, -0.2) is 0 Å². The van der Waals surface area contributed by atoms with Crippen LogP contribution in [0.15, 0.2) is 4.52 Å². The highest BCUT2D eigenvalue weighted by molar-refractivity contribution is 4.82. The second kappa shape index (κ2) is 11.7. The lowest BCUT2D eigenvalue weighted by Crippen LogP contribution is -2.30. The van der Waals surface area contributed by atoms with Crippen LogP contribution < -0.4 is 5.32 Å². The van der Waals surface area contributed by atoms with E-state index >= 15 is 0 Å². The molecule has 0 amide bonds. The summed E-state index contributed by atoms with van der Waals surface area (Å²) in [6.45, 7) is 6.01. The second-order valence-corrected chi connectivity index (χ2v) is 5.36. The molecule has 1 heterocycles. The van der Waals surface area contributed by atoms with E-state index in [0.717, 1.165) is 13.0 Å². The molecule has 2 N–H and O–H groups in total. The Balaban J connectivity index is 1.88. The van der Waals surface area contributed by atoms with Crippen molar-refractivity contribution < 1.29 is 14.4 Å². The van der Waals surface area contributed by atoms with Crippen molar-refractivity contribution in [1.82, 2.24) is 15.5 Å². The lowest BCUT2D eigenvalue weighted by Gasteiger charge is -2.11. The summed E-state index contributed by atoms with van der Waals surface area (Å²) in [7, 11) is 0. The summed E-state index contributed by atoms with van der Waals surface area (Å²) in [5.74, 6) is 1.15. The van der Waals surface area contributed by atoms with Crippen molar-refractivity contribution >= 4 is 0 Å². The minimum Gasteiger partial charge on any atom is -0.389 e. The molecule has 0 aliphatic carbocycles. The van der Waals surface area contributed by atoms with Crippen LogP contribution in [-0.2, 0) is 11.3 Å². The summed E-state index contributed by atoms with van der Waals surface area (Å²) in [5.41, 5.74) is 0. The van der Waals surface area contributed by atoms with Crippen molar-refractivity contribution in [3.63, 3.8) is 0 Å². The van der Waals surface area contributed by atoms with E-state index in [1.54, 1.807) is 6.92 Å². The van der Waals surface area contributed by atoms with Crippen LogP contribution in [0.4, 0.5) is 0 Å². The van der Waals surface area contributed by atoms with Crippen molar-refractivity contribution in [2.24, 2.45) is 0 Å². The standard InChI is InChI=1S/C15H29N3O3/c1-3-4-5-6-7-8-9-20-12-14(19)10-16-11-15-17-13(2)18-21-15/h14,16,19H,3-12H2,1-2H3. The number of hydrogen-bond acceptors (Lipinski definition) is 6. The summed E-state index contributed by atoms with van der Waals surface area (Å²) in [4.78, 5) is 4.07. The zero-order valence-corrected chi connectivity index (χ0v) is 13.3. The molecule has 0 bridgehead atoms. The molecule has 21 heavy (non-hydrogen) atoms. The third kappa shape index (κ3) is 9.55. The minimum absolute atomic E-state index is 0.366. The van der Waals surface area contributed by atoms with Gasteiger partial charge >= 0.3 is 0 Å². The minimum atomic E-state index is -0.505. The van der Waals surface area contributed by atoms with Gasteiger partial charge in [0, 0.05) is 13.2 Å². The quantitative estimate of drug-likeness (QED) is 0.544. The first-order chi connectivity index (χ1) is 10.2. The van der Waals surface area contributed by atoms with Gasteiger partial charge in [-0.1, -0.05) is 44.2 Å². The Morgan fingerprint density at radius 2 is 2.00 bits per heavy atom. The zero-order chi connectivity index (χ0) is 15.3. The van der Waals surface area contributed by atoms with Crippen LogP contribution in [0.5, 0.6) is 0 Å². The Labute approximate surface area is 127 Å². The fourth-order valence-electron chi connectivity index (χ4n) is 2.02. The molecule has 6 nitrogen and oxygen atoms in total. The maximum absolute atomic E-state index is 9.75. The smallest absolute Gasteiger partial charge is 0.240 e. The number of aliphatic hydroxyl groups excluding tert-OH is 1. The molecular formula is C15H29N3O3. The van der Waals surface area contributed by atoms with Crippen molar-refractivity contribution in [3.8, 4) is 0 Å². The summed E-state index contributed by atoms with van der Waals surface area (Å²) in [6, 6.07) is 0. The van der Waals surface area contributed by atoms with E-state index in [9.17, 15) is 5.11 Å². The number of aliphatic hydroxyl groups is 1. The third-order valence-electron chi connectivity index (χ3n) is 3.18. The fourth-order valence-corrected chi connectivity index (χ4v) is 2.02. The highest BCUT2D eigenvalue weighted by Gasteiger charge is 2.06. The van der Waals surface area contributed by atoms with Crippen molar-refractivity contribution in [1.29, 1.82) is 0 Å². The van der Waals surface area contributed by atoms with E-state index in [4.69, 9.17) is 9.26 Å². The normalized spacial score (nSPS) is 12.7. The largest absolute Gasteiger partial charge is 0.389 e. The van der Waals surface area contributed by atoms with Gasteiger partial charge in [-0.15, -0.1) is 0 Å². The van der Waals surface area contributed by atoms with Gasteiger partial charge in [0.15, 0.2) is 5.82 Å². The Hall–Kier alpha value is -0.980. The number of ether oxygens (including phenoxy) is 1. The van der Waals surface area contributed by atoms with Gasteiger partial charge in [0.1, 0.15) is 0 Å². The Bertz CT molecular complexity index is 358. The maximum atomic E-state index is 9.75. The van der Waals surface area contributed by atoms with Crippen molar-refractivity contribution in [2.75, 3.05) is 19.8 Å². The number of nitrogens with one attached hydrogen (secondary N) is 1. The summed E-state index contributed by atoms with van der Waals surface area (Å²) in [6.07, 6.45) is 6.98. The summed E-state index contributed by atoms with van der Waals surface area (Å²) < 4.78 is 10.4. The molecule has 1 rings (SSSR count). The van der Waals surface area contributed by atoms with Gasteiger partial charge in [-0.05, 0) is 13.3 Å². The van der Waals surface area contributed by atoms with Gasteiger partial charge in [-0.2, -0.15) is 4.98 Å². The van der Waals surface area contributed by atoms with E-state index < -0.39 is 6.10 Å². The van der Waals surface area contributed by atoms with Gasteiger partial charge in [-0.3, -0.25) is 0 Å².